The molecule has 1 amide bonds. The van der Waals surface area contributed by atoms with Crippen LogP contribution in [-0.2, 0) is 7.05 Å². The summed E-state index contributed by atoms with van der Waals surface area (Å²) in [6, 6.07) is 9.92. The Morgan fingerprint density at radius 1 is 1.38 bits per heavy atom. The molecule has 0 fully saturated rings. The van der Waals surface area contributed by atoms with Crippen LogP contribution in [0.25, 0.3) is 0 Å². The van der Waals surface area contributed by atoms with Crippen LogP contribution < -0.4 is 10.6 Å². The molecule has 1 aromatic heterocycles. The van der Waals surface area contributed by atoms with Crippen molar-refractivity contribution >= 4 is 11.6 Å². The predicted molar refractivity (Wildman–Crippen MR) is 84.4 cm³/mol. The number of anilines is 1. The molecule has 0 radical (unpaired) electrons. The highest BCUT2D eigenvalue weighted by molar-refractivity contribution is 6.03. The number of nitrogens with zero attached hydrogens (tertiary/aromatic N) is 2. The molecule has 0 spiro atoms. The SMILES string of the molecule is CCNC(C)c1cccc(NC(=O)c2cc(C)nn2C)c1. The van der Waals surface area contributed by atoms with Crippen molar-refractivity contribution < 1.29 is 4.79 Å². The van der Waals surface area contributed by atoms with Gasteiger partial charge in [0.1, 0.15) is 5.69 Å². The van der Waals surface area contributed by atoms with Crippen LogP contribution in [0.4, 0.5) is 5.69 Å². The van der Waals surface area contributed by atoms with Crippen LogP contribution in [0, 0.1) is 6.92 Å². The van der Waals surface area contributed by atoms with Crippen molar-refractivity contribution in [1.82, 2.24) is 15.1 Å². The number of hydrogen-bond donors (Lipinski definition) is 2. The molecular formula is C16H22N4O. The number of aryl methyl sites for hydroxylation is 2. The molecule has 0 aliphatic rings. The van der Waals surface area contributed by atoms with Crippen molar-refractivity contribution in [2.24, 2.45) is 7.05 Å². The van der Waals surface area contributed by atoms with Gasteiger partial charge in [0.15, 0.2) is 0 Å². The number of rotatable bonds is 5. The van der Waals surface area contributed by atoms with E-state index in [4.69, 9.17) is 0 Å². The number of aromatic nitrogens is 2. The van der Waals surface area contributed by atoms with Gasteiger partial charge in [-0.05, 0) is 44.2 Å². The molecule has 2 aromatic rings. The first kappa shape index (κ1) is 15.3. The van der Waals surface area contributed by atoms with E-state index in [1.807, 2.05) is 25.1 Å². The van der Waals surface area contributed by atoms with Crippen molar-refractivity contribution in [3.8, 4) is 0 Å². The number of carbonyl (C=O) groups is 1. The standard InChI is InChI=1S/C16H22N4O/c1-5-17-12(3)13-7-6-8-14(10-13)18-16(21)15-9-11(2)19-20(15)4/h6-10,12,17H,5H2,1-4H3,(H,18,21). The molecule has 5 heteroatoms. The Bertz CT molecular complexity index is 633. The maximum atomic E-state index is 12.3. The molecule has 0 bridgehead atoms. The highest BCUT2D eigenvalue weighted by Gasteiger charge is 2.12. The molecule has 2 rings (SSSR count). The lowest BCUT2D eigenvalue weighted by Gasteiger charge is -2.14. The minimum absolute atomic E-state index is 0.147. The summed E-state index contributed by atoms with van der Waals surface area (Å²) in [6.45, 7) is 6.96. The molecule has 1 heterocycles. The summed E-state index contributed by atoms with van der Waals surface area (Å²) in [5.41, 5.74) is 3.33. The van der Waals surface area contributed by atoms with Crippen molar-refractivity contribution in [1.29, 1.82) is 0 Å². The van der Waals surface area contributed by atoms with E-state index in [0.29, 0.717) is 5.69 Å². The zero-order chi connectivity index (χ0) is 15.4. The van der Waals surface area contributed by atoms with Crippen molar-refractivity contribution in [2.45, 2.75) is 26.8 Å². The molecule has 0 aliphatic carbocycles. The van der Waals surface area contributed by atoms with Gasteiger partial charge >= 0.3 is 0 Å². The lowest BCUT2D eigenvalue weighted by Crippen LogP contribution is -2.19. The van der Waals surface area contributed by atoms with E-state index in [2.05, 4.69) is 35.6 Å². The van der Waals surface area contributed by atoms with Gasteiger partial charge in [0.2, 0.25) is 0 Å². The van der Waals surface area contributed by atoms with Gasteiger partial charge in [-0.15, -0.1) is 0 Å². The van der Waals surface area contributed by atoms with Crippen LogP contribution in [-0.4, -0.2) is 22.2 Å². The largest absolute Gasteiger partial charge is 0.321 e. The monoisotopic (exact) mass is 286 g/mol. The minimum Gasteiger partial charge on any atom is -0.321 e. The van der Waals surface area contributed by atoms with Gasteiger partial charge in [-0.1, -0.05) is 19.1 Å². The summed E-state index contributed by atoms with van der Waals surface area (Å²) in [6.07, 6.45) is 0. The summed E-state index contributed by atoms with van der Waals surface area (Å²) < 4.78 is 1.59. The fraction of sp³-hybridized carbons (Fsp3) is 0.375. The molecule has 1 atom stereocenters. The molecule has 0 aliphatic heterocycles. The third-order valence-electron chi connectivity index (χ3n) is 3.39. The fourth-order valence-electron chi connectivity index (χ4n) is 2.33. The molecule has 112 valence electrons. The van der Waals surface area contributed by atoms with Gasteiger partial charge < -0.3 is 10.6 Å². The summed E-state index contributed by atoms with van der Waals surface area (Å²) in [7, 11) is 1.77. The van der Waals surface area contributed by atoms with Crippen molar-refractivity contribution in [2.75, 3.05) is 11.9 Å². The topological polar surface area (TPSA) is 58.9 Å². The van der Waals surface area contributed by atoms with Crippen LogP contribution in [0.3, 0.4) is 0 Å². The minimum atomic E-state index is -0.147. The molecule has 1 unspecified atom stereocenters. The second kappa shape index (κ2) is 6.54. The Hall–Kier alpha value is -2.14. The van der Waals surface area contributed by atoms with Crippen LogP contribution in [0.5, 0.6) is 0 Å². The van der Waals surface area contributed by atoms with E-state index in [-0.39, 0.29) is 11.9 Å². The van der Waals surface area contributed by atoms with Gasteiger partial charge in [0, 0.05) is 18.8 Å². The van der Waals surface area contributed by atoms with Crippen LogP contribution in [0.15, 0.2) is 30.3 Å². The average molecular weight is 286 g/mol. The van der Waals surface area contributed by atoms with Gasteiger partial charge in [0.25, 0.3) is 5.91 Å². The van der Waals surface area contributed by atoms with Crippen LogP contribution >= 0.6 is 0 Å². The molecule has 5 nitrogen and oxygen atoms in total. The number of benzene rings is 1. The third kappa shape index (κ3) is 3.70. The second-order valence-corrected chi connectivity index (χ2v) is 5.15. The number of hydrogen-bond acceptors (Lipinski definition) is 3. The van der Waals surface area contributed by atoms with E-state index in [1.54, 1.807) is 17.8 Å². The number of nitrogens with one attached hydrogen (secondary N) is 2. The normalized spacial score (nSPS) is 12.2. The zero-order valence-electron chi connectivity index (χ0n) is 13.0. The number of carbonyl (C=O) groups excluding carboxylic acids is 1. The van der Waals surface area contributed by atoms with Crippen LogP contribution in [0.1, 0.15) is 41.6 Å². The molecule has 1 aromatic carbocycles. The molecule has 2 N–H and O–H groups in total. The average Bonchev–Trinajstić information content (AvgIpc) is 2.78. The second-order valence-electron chi connectivity index (χ2n) is 5.15. The highest BCUT2D eigenvalue weighted by atomic mass is 16.2. The Kier molecular flexibility index (Phi) is 4.75. The third-order valence-corrected chi connectivity index (χ3v) is 3.39. The van der Waals surface area contributed by atoms with E-state index in [9.17, 15) is 4.79 Å². The first-order valence-electron chi connectivity index (χ1n) is 7.16. The smallest absolute Gasteiger partial charge is 0.273 e. The summed E-state index contributed by atoms with van der Waals surface area (Å²) in [5.74, 6) is -0.147. The van der Waals surface area contributed by atoms with Crippen molar-refractivity contribution in [3.63, 3.8) is 0 Å². The maximum absolute atomic E-state index is 12.3. The predicted octanol–water partition coefficient (Wildman–Crippen LogP) is 2.65. The zero-order valence-corrected chi connectivity index (χ0v) is 13.0. The van der Waals surface area contributed by atoms with Gasteiger partial charge in [0.05, 0.1) is 5.69 Å². The summed E-state index contributed by atoms with van der Waals surface area (Å²) in [5, 5.41) is 10.5. The van der Waals surface area contributed by atoms with E-state index >= 15 is 0 Å². The quantitative estimate of drug-likeness (QED) is 0.888. The lowest BCUT2D eigenvalue weighted by molar-refractivity contribution is 0.101. The van der Waals surface area contributed by atoms with Crippen molar-refractivity contribution in [3.05, 3.63) is 47.3 Å². The molecule has 0 saturated carbocycles. The molecule has 21 heavy (non-hydrogen) atoms. The first-order chi connectivity index (χ1) is 10.0. The Morgan fingerprint density at radius 2 is 2.14 bits per heavy atom. The molecule has 0 saturated heterocycles. The van der Waals surface area contributed by atoms with Crippen LogP contribution in [0.2, 0.25) is 0 Å². The lowest BCUT2D eigenvalue weighted by atomic mass is 10.1. The van der Waals surface area contributed by atoms with Gasteiger partial charge in [-0.2, -0.15) is 5.10 Å². The molecular weight excluding hydrogens is 264 g/mol. The fourth-order valence-corrected chi connectivity index (χ4v) is 2.33. The van der Waals surface area contributed by atoms with E-state index < -0.39 is 0 Å². The van der Waals surface area contributed by atoms with Gasteiger partial charge in [-0.25, -0.2) is 0 Å². The highest BCUT2D eigenvalue weighted by Crippen LogP contribution is 2.18. The Labute approximate surface area is 125 Å². The Balaban J connectivity index is 2.14. The Morgan fingerprint density at radius 3 is 2.76 bits per heavy atom. The van der Waals surface area contributed by atoms with E-state index in [0.717, 1.165) is 23.5 Å². The van der Waals surface area contributed by atoms with Gasteiger partial charge in [-0.3, -0.25) is 9.48 Å². The summed E-state index contributed by atoms with van der Waals surface area (Å²) in [4.78, 5) is 12.3. The van der Waals surface area contributed by atoms with E-state index in [1.165, 1.54) is 0 Å². The first-order valence-corrected chi connectivity index (χ1v) is 7.16. The summed E-state index contributed by atoms with van der Waals surface area (Å²) >= 11 is 0. The maximum Gasteiger partial charge on any atom is 0.273 e. The number of amides is 1.